The van der Waals surface area contributed by atoms with Crippen molar-refractivity contribution in [2.24, 2.45) is 0 Å². The summed E-state index contributed by atoms with van der Waals surface area (Å²) in [6, 6.07) is 7.92. The normalized spacial score (nSPS) is 13.0. The lowest BCUT2D eigenvalue weighted by atomic mass is 10.1. The highest BCUT2D eigenvalue weighted by atomic mass is 16.1. The third kappa shape index (κ3) is 4.56. The van der Waals surface area contributed by atoms with Crippen molar-refractivity contribution >= 4 is 5.91 Å². The van der Waals surface area contributed by atoms with Crippen molar-refractivity contribution < 1.29 is 4.79 Å². The van der Waals surface area contributed by atoms with Crippen LogP contribution in [0.1, 0.15) is 35.8 Å². The van der Waals surface area contributed by atoms with Crippen molar-refractivity contribution in [3.8, 4) is 11.9 Å². The number of amides is 1. The second-order valence-electron chi connectivity index (χ2n) is 5.42. The second kappa shape index (κ2) is 8.67. The van der Waals surface area contributed by atoms with Crippen LogP contribution >= 0.6 is 0 Å². The molecule has 2 heterocycles. The van der Waals surface area contributed by atoms with Crippen molar-refractivity contribution in [2.75, 3.05) is 20.1 Å². The molecular weight excluding hydrogens is 304 g/mol. The molecule has 0 radical (unpaired) electrons. The number of nitriles is 1. The first kappa shape index (κ1) is 17.5. The van der Waals surface area contributed by atoms with Crippen LogP contribution in [-0.2, 0) is 6.42 Å². The first-order valence-corrected chi connectivity index (χ1v) is 8.06. The summed E-state index contributed by atoms with van der Waals surface area (Å²) in [5, 5.41) is 19.0. The van der Waals surface area contributed by atoms with Gasteiger partial charge in [-0.25, -0.2) is 0 Å². The molecule has 7 heteroatoms. The van der Waals surface area contributed by atoms with Crippen molar-refractivity contribution in [2.45, 2.75) is 26.2 Å². The van der Waals surface area contributed by atoms with Crippen LogP contribution in [0.4, 0.5) is 0 Å². The van der Waals surface area contributed by atoms with Gasteiger partial charge in [-0.2, -0.15) is 15.2 Å². The van der Waals surface area contributed by atoms with Gasteiger partial charge in [0.2, 0.25) is 0 Å². The maximum Gasteiger partial charge on any atom is 0.273 e. The molecule has 126 valence electrons. The number of hydrogen-bond donors (Lipinski definition) is 1. The van der Waals surface area contributed by atoms with E-state index in [4.69, 9.17) is 5.26 Å². The summed E-state index contributed by atoms with van der Waals surface area (Å²) in [5.74, 6) is -0.233. The summed E-state index contributed by atoms with van der Waals surface area (Å²) < 4.78 is 0. The van der Waals surface area contributed by atoms with Crippen molar-refractivity contribution in [3.63, 3.8) is 0 Å². The predicted molar refractivity (Wildman–Crippen MR) is 90.5 cm³/mol. The van der Waals surface area contributed by atoms with Crippen molar-refractivity contribution in [1.82, 2.24) is 25.2 Å². The van der Waals surface area contributed by atoms with Crippen LogP contribution in [0.5, 0.6) is 0 Å². The van der Waals surface area contributed by atoms with Gasteiger partial charge in [0.1, 0.15) is 0 Å². The molecule has 0 atom stereocenters. The van der Waals surface area contributed by atoms with Crippen LogP contribution in [0.3, 0.4) is 0 Å². The average molecular weight is 326 g/mol. The Hall–Kier alpha value is -2.88. The van der Waals surface area contributed by atoms with E-state index in [1.165, 1.54) is 29.4 Å². The zero-order valence-electron chi connectivity index (χ0n) is 14.1. The summed E-state index contributed by atoms with van der Waals surface area (Å²) in [5.41, 5.74) is 2.38. The van der Waals surface area contributed by atoms with E-state index in [9.17, 15) is 4.79 Å². The molecule has 7 nitrogen and oxygen atoms in total. The third-order valence-corrected chi connectivity index (χ3v) is 3.75. The molecule has 1 amide bonds. The number of aromatic nitrogens is 3. The number of nitrogens with one attached hydrogen (secondary N) is 1. The van der Waals surface area contributed by atoms with E-state index in [1.54, 1.807) is 11.9 Å². The van der Waals surface area contributed by atoms with Crippen LogP contribution in [-0.4, -0.2) is 45.9 Å². The Labute approximate surface area is 141 Å². The highest BCUT2D eigenvalue weighted by molar-refractivity contribution is 5.91. The number of benzene rings is 1. The lowest BCUT2D eigenvalue weighted by Crippen LogP contribution is -2.18. The maximum absolute atomic E-state index is 11.4. The Morgan fingerprint density at radius 2 is 2.12 bits per heavy atom. The van der Waals surface area contributed by atoms with E-state index in [0.717, 1.165) is 25.2 Å². The number of carbonyl (C=O) groups excluding carboxylic acids is 1. The molecular formula is C17H22N6O. The molecule has 0 spiro atoms. The molecule has 1 N–H and O–H groups in total. The van der Waals surface area contributed by atoms with Crippen LogP contribution in [0, 0.1) is 11.5 Å². The number of likely N-dealkylation sites (tertiary alicyclic amines) is 1. The van der Waals surface area contributed by atoms with Gasteiger partial charge in [0.05, 0.1) is 11.9 Å². The number of aryl methyl sites for hydroxylation is 1. The zero-order valence-corrected chi connectivity index (χ0v) is 14.1. The van der Waals surface area contributed by atoms with Gasteiger partial charge < -0.3 is 10.2 Å². The minimum Gasteiger partial charge on any atom is -0.354 e. The van der Waals surface area contributed by atoms with Gasteiger partial charge >= 0.3 is 0 Å². The zero-order chi connectivity index (χ0) is 17.4. The molecule has 1 aliphatic heterocycles. The van der Waals surface area contributed by atoms with E-state index in [0.29, 0.717) is 5.69 Å². The standard InChI is InChI=1S/C12H14N4O.C5H8N2/c1-3-9-5-4-6-10(7-9)16-14-8-11(15-16)12(17)13-2;6-5-7-3-1-2-4-7/h4-8H,3H2,1-2H3,(H,13,17);1-4H2. The lowest BCUT2D eigenvalue weighted by molar-refractivity contribution is 0.0957. The molecule has 3 rings (SSSR count). The largest absolute Gasteiger partial charge is 0.354 e. The SMILES string of the molecule is CCc1cccc(-n2ncc(C(=O)NC)n2)c1.N#CN1CCCC1. The Balaban J connectivity index is 0.000000249. The Bertz CT molecular complexity index is 712. The van der Waals surface area contributed by atoms with Crippen LogP contribution in [0.15, 0.2) is 30.5 Å². The predicted octanol–water partition coefficient (Wildman–Crippen LogP) is 1.75. The second-order valence-corrected chi connectivity index (χ2v) is 5.42. The number of rotatable bonds is 3. The number of carbonyl (C=O) groups is 1. The van der Waals surface area contributed by atoms with Crippen molar-refractivity contribution in [1.29, 1.82) is 5.26 Å². The molecule has 0 aliphatic carbocycles. The monoisotopic (exact) mass is 326 g/mol. The molecule has 0 bridgehead atoms. The first-order valence-electron chi connectivity index (χ1n) is 8.06. The third-order valence-electron chi connectivity index (χ3n) is 3.75. The highest BCUT2D eigenvalue weighted by Gasteiger charge is 2.09. The molecule has 1 aliphatic rings. The molecule has 1 fully saturated rings. The van der Waals surface area contributed by atoms with Gasteiger partial charge in [0, 0.05) is 20.1 Å². The molecule has 1 saturated heterocycles. The van der Waals surface area contributed by atoms with Crippen LogP contribution in [0.2, 0.25) is 0 Å². The number of hydrogen-bond acceptors (Lipinski definition) is 5. The van der Waals surface area contributed by atoms with E-state index >= 15 is 0 Å². The van der Waals surface area contributed by atoms with Gasteiger partial charge in [0.15, 0.2) is 11.9 Å². The van der Waals surface area contributed by atoms with Gasteiger partial charge in [-0.15, -0.1) is 5.10 Å². The Morgan fingerprint density at radius 3 is 2.71 bits per heavy atom. The minimum absolute atomic E-state index is 0.233. The average Bonchev–Trinajstić information content (AvgIpc) is 3.33. The Morgan fingerprint density at radius 1 is 1.38 bits per heavy atom. The number of nitrogens with zero attached hydrogens (tertiary/aromatic N) is 5. The van der Waals surface area contributed by atoms with Gasteiger partial charge in [-0.1, -0.05) is 19.1 Å². The van der Waals surface area contributed by atoms with Crippen LogP contribution in [0.25, 0.3) is 5.69 Å². The quantitative estimate of drug-likeness (QED) is 0.868. The van der Waals surface area contributed by atoms with E-state index in [-0.39, 0.29) is 5.91 Å². The maximum atomic E-state index is 11.4. The molecule has 1 aromatic carbocycles. The van der Waals surface area contributed by atoms with Gasteiger partial charge in [-0.3, -0.25) is 4.79 Å². The summed E-state index contributed by atoms with van der Waals surface area (Å²) >= 11 is 0. The Kier molecular flexibility index (Phi) is 6.32. The highest BCUT2D eigenvalue weighted by Crippen LogP contribution is 2.09. The summed E-state index contributed by atoms with van der Waals surface area (Å²) in [6.45, 7) is 4.05. The molecule has 0 saturated carbocycles. The van der Waals surface area contributed by atoms with Crippen LogP contribution < -0.4 is 5.32 Å². The summed E-state index contributed by atoms with van der Waals surface area (Å²) in [4.78, 5) is 14.6. The van der Waals surface area contributed by atoms with E-state index < -0.39 is 0 Å². The minimum atomic E-state index is -0.233. The molecule has 0 unspecified atom stereocenters. The fraction of sp³-hybridized carbons (Fsp3) is 0.412. The molecule has 2 aromatic rings. The van der Waals surface area contributed by atoms with E-state index in [1.807, 2.05) is 24.3 Å². The molecule has 1 aromatic heterocycles. The summed E-state index contributed by atoms with van der Waals surface area (Å²) in [6.07, 6.45) is 6.91. The lowest BCUT2D eigenvalue weighted by Gasteiger charge is -2.01. The van der Waals surface area contributed by atoms with Gasteiger partial charge in [-0.05, 0) is 37.0 Å². The topological polar surface area (TPSA) is 86.8 Å². The van der Waals surface area contributed by atoms with E-state index in [2.05, 4.69) is 28.6 Å². The fourth-order valence-corrected chi connectivity index (χ4v) is 2.34. The molecule has 24 heavy (non-hydrogen) atoms. The first-order chi connectivity index (χ1) is 11.7. The summed E-state index contributed by atoms with van der Waals surface area (Å²) in [7, 11) is 1.57. The van der Waals surface area contributed by atoms with Crippen molar-refractivity contribution in [3.05, 3.63) is 41.7 Å². The smallest absolute Gasteiger partial charge is 0.273 e. The fourth-order valence-electron chi connectivity index (χ4n) is 2.34. The van der Waals surface area contributed by atoms with Gasteiger partial charge in [0.25, 0.3) is 5.91 Å².